The minimum absolute atomic E-state index is 0.175. The van der Waals surface area contributed by atoms with Gasteiger partial charge >= 0.3 is 0 Å². The molecule has 2 rings (SSSR count). The summed E-state index contributed by atoms with van der Waals surface area (Å²) >= 11 is 0. The van der Waals surface area contributed by atoms with Crippen molar-refractivity contribution in [3.05, 3.63) is 53.6 Å². The number of nitrogen functional groups attached to an aromatic ring is 1. The fourth-order valence-electron chi connectivity index (χ4n) is 2.27. The van der Waals surface area contributed by atoms with Crippen LogP contribution in [0, 0.1) is 6.92 Å². The van der Waals surface area contributed by atoms with E-state index >= 15 is 0 Å². The van der Waals surface area contributed by atoms with Crippen molar-refractivity contribution < 1.29 is 9.53 Å². The van der Waals surface area contributed by atoms with Crippen LogP contribution in [0.15, 0.2) is 42.5 Å². The Kier molecular flexibility index (Phi) is 4.48. The Bertz CT molecular complexity index is 653. The molecule has 0 unspecified atom stereocenters. The molecule has 0 aliphatic carbocycles. The molecule has 0 aliphatic heterocycles. The minimum Gasteiger partial charge on any atom is -0.493 e. The highest BCUT2D eigenvalue weighted by atomic mass is 16.5. The van der Waals surface area contributed by atoms with Crippen LogP contribution < -0.4 is 15.4 Å². The highest BCUT2D eigenvalue weighted by Crippen LogP contribution is 2.28. The number of anilines is 2. The summed E-state index contributed by atoms with van der Waals surface area (Å²) in [6.45, 7) is 4.33. The van der Waals surface area contributed by atoms with E-state index in [-0.39, 0.29) is 5.91 Å². The molecule has 0 bridgehead atoms. The average molecular weight is 284 g/mol. The molecule has 0 spiro atoms. The lowest BCUT2D eigenvalue weighted by Crippen LogP contribution is -2.28. The normalized spacial score (nSPS) is 10.2. The van der Waals surface area contributed by atoms with Crippen molar-refractivity contribution in [3.8, 4) is 5.75 Å². The predicted molar refractivity (Wildman–Crippen MR) is 85.9 cm³/mol. The summed E-state index contributed by atoms with van der Waals surface area (Å²) in [5.74, 6) is 0.341. The summed E-state index contributed by atoms with van der Waals surface area (Å²) in [6, 6.07) is 13.0. The van der Waals surface area contributed by atoms with Gasteiger partial charge in [0.05, 0.1) is 6.61 Å². The van der Waals surface area contributed by atoms with Crippen LogP contribution in [0.4, 0.5) is 11.4 Å². The summed E-state index contributed by atoms with van der Waals surface area (Å²) in [4.78, 5) is 14.4. The first-order valence-electron chi connectivity index (χ1n) is 6.91. The summed E-state index contributed by atoms with van der Waals surface area (Å²) in [7, 11) is 1.74. The quantitative estimate of drug-likeness (QED) is 0.877. The highest BCUT2D eigenvalue weighted by Gasteiger charge is 2.21. The summed E-state index contributed by atoms with van der Waals surface area (Å²) < 4.78 is 5.53. The van der Waals surface area contributed by atoms with E-state index in [1.54, 1.807) is 30.1 Å². The van der Waals surface area contributed by atoms with Crippen LogP contribution in [0.5, 0.6) is 5.75 Å². The lowest BCUT2D eigenvalue weighted by molar-refractivity contribution is 0.0990. The third-order valence-electron chi connectivity index (χ3n) is 3.35. The second-order valence-electron chi connectivity index (χ2n) is 4.80. The molecule has 2 aromatic carbocycles. The fraction of sp³-hybridized carbons (Fsp3) is 0.235. The van der Waals surface area contributed by atoms with Crippen molar-refractivity contribution in [2.24, 2.45) is 0 Å². The zero-order valence-electron chi connectivity index (χ0n) is 12.6. The average Bonchev–Trinajstić information content (AvgIpc) is 2.47. The van der Waals surface area contributed by atoms with Crippen molar-refractivity contribution in [1.29, 1.82) is 0 Å². The molecule has 110 valence electrons. The minimum atomic E-state index is -0.175. The van der Waals surface area contributed by atoms with Gasteiger partial charge in [-0.25, -0.2) is 0 Å². The SMILES string of the molecule is CCOc1cccc(N)c1C(=O)N(C)c1ccccc1C. The van der Waals surface area contributed by atoms with Gasteiger partial charge in [0, 0.05) is 18.4 Å². The second-order valence-corrected chi connectivity index (χ2v) is 4.80. The molecule has 0 aliphatic rings. The van der Waals surface area contributed by atoms with Gasteiger partial charge in [0.25, 0.3) is 5.91 Å². The Morgan fingerprint density at radius 1 is 1.19 bits per heavy atom. The molecule has 0 heterocycles. The first-order chi connectivity index (χ1) is 10.1. The molecular formula is C17H20N2O2. The lowest BCUT2D eigenvalue weighted by atomic mass is 10.1. The van der Waals surface area contributed by atoms with E-state index in [1.165, 1.54) is 0 Å². The molecule has 2 aromatic rings. The number of hydrogen-bond acceptors (Lipinski definition) is 3. The van der Waals surface area contributed by atoms with E-state index in [9.17, 15) is 4.79 Å². The molecule has 4 heteroatoms. The van der Waals surface area contributed by atoms with E-state index in [0.29, 0.717) is 23.6 Å². The fourth-order valence-corrected chi connectivity index (χ4v) is 2.27. The number of ether oxygens (including phenoxy) is 1. The molecular weight excluding hydrogens is 264 g/mol. The topological polar surface area (TPSA) is 55.6 Å². The third kappa shape index (κ3) is 2.99. The van der Waals surface area contributed by atoms with Gasteiger partial charge in [0.15, 0.2) is 0 Å². The van der Waals surface area contributed by atoms with E-state index in [0.717, 1.165) is 11.3 Å². The van der Waals surface area contributed by atoms with Crippen LogP contribution in [0.3, 0.4) is 0 Å². The number of hydrogen-bond donors (Lipinski definition) is 1. The summed E-state index contributed by atoms with van der Waals surface area (Å²) in [6.07, 6.45) is 0. The van der Waals surface area contributed by atoms with Crippen molar-refractivity contribution in [1.82, 2.24) is 0 Å². The Morgan fingerprint density at radius 2 is 1.90 bits per heavy atom. The molecule has 0 aromatic heterocycles. The van der Waals surface area contributed by atoms with Gasteiger partial charge < -0.3 is 15.4 Å². The van der Waals surface area contributed by atoms with Crippen LogP contribution in [0.1, 0.15) is 22.8 Å². The Morgan fingerprint density at radius 3 is 2.57 bits per heavy atom. The lowest BCUT2D eigenvalue weighted by Gasteiger charge is -2.21. The maximum Gasteiger partial charge on any atom is 0.263 e. The van der Waals surface area contributed by atoms with Crippen LogP contribution in [-0.2, 0) is 0 Å². The van der Waals surface area contributed by atoms with Crippen LogP contribution in [-0.4, -0.2) is 19.6 Å². The molecule has 0 atom stereocenters. The van der Waals surface area contributed by atoms with Crippen LogP contribution in [0.25, 0.3) is 0 Å². The number of nitrogens with two attached hydrogens (primary N) is 1. The molecule has 21 heavy (non-hydrogen) atoms. The number of rotatable bonds is 4. The van der Waals surface area contributed by atoms with Crippen LogP contribution >= 0.6 is 0 Å². The van der Waals surface area contributed by atoms with Crippen molar-refractivity contribution in [2.45, 2.75) is 13.8 Å². The number of benzene rings is 2. The smallest absolute Gasteiger partial charge is 0.263 e. The second kappa shape index (κ2) is 6.31. The number of para-hydroxylation sites is 1. The van der Waals surface area contributed by atoms with Gasteiger partial charge in [-0.15, -0.1) is 0 Å². The highest BCUT2D eigenvalue weighted by molar-refractivity contribution is 6.11. The zero-order chi connectivity index (χ0) is 15.4. The maximum absolute atomic E-state index is 12.8. The van der Waals surface area contributed by atoms with Crippen molar-refractivity contribution in [2.75, 3.05) is 24.3 Å². The standard InChI is InChI=1S/C17H20N2O2/c1-4-21-15-11-7-9-13(18)16(15)17(20)19(3)14-10-6-5-8-12(14)2/h5-11H,4,18H2,1-3H3. The van der Waals surface area contributed by atoms with Gasteiger partial charge in [-0.05, 0) is 37.6 Å². The Hall–Kier alpha value is -2.49. The zero-order valence-corrected chi connectivity index (χ0v) is 12.6. The molecule has 0 fully saturated rings. The number of carbonyl (C=O) groups excluding carboxylic acids is 1. The molecule has 4 nitrogen and oxygen atoms in total. The Balaban J connectivity index is 2.43. The van der Waals surface area contributed by atoms with Gasteiger partial charge in [0.1, 0.15) is 11.3 Å². The molecule has 1 amide bonds. The first-order valence-corrected chi connectivity index (χ1v) is 6.91. The summed E-state index contributed by atoms with van der Waals surface area (Å²) in [5.41, 5.74) is 8.69. The van der Waals surface area contributed by atoms with E-state index < -0.39 is 0 Å². The van der Waals surface area contributed by atoms with Gasteiger partial charge in [-0.2, -0.15) is 0 Å². The monoisotopic (exact) mass is 284 g/mol. The number of aryl methyl sites for hydroxylation is 1. The van der Waals surface area contributed by atoms with E-state index in [4.69, 9.17) is 10.5 Å². The first kappa shape index (κ1) is 14.9. The molecule has 0 radical (unpaired) electrons. The van der Waals surface area contributed by atoms with Crippen molar-refractivity contribution in [3.63, 3.8) is 0 Å². The maximum atomic E-state index is 12.8. The van der Waals surface area contributed by atoms with Gasteiger partial charge in [-0.1, -0.05) is 24.3 Å². The van der Waals surface area contributed by atoms with Gasteiger partial charge in [0.2, 0.25) is 0 Å². The Labute approximate surface area is 125 Å². The number of nitrogens with zero attached hydrogens (tertiary/aromatic N) is 1. The molecule has 0 saturated carbocycles. The van der Waals surface area contributed by atoms with Crippen molar-refractivity contribution >= 4 is 17.3 Å². The largest absolute Gasteiger partial charge is 0.493 e. The molecule has 2 N–H and O–H groups in total. The van der Waals surface area contributed by atoms with E-state index in [2.05, 4.69) is 0 Å². The summed E-state index contributed by atoms with van der Waals surface area (Å²) in [5, 5.41) is 0. The molecule has 0 saturated heterocycles. The number of carbonyl (C=O) groups is 1. The number of amides is 1. The van der Waals surface area contributed by atoms with Crippen LogP contribution in [0.2, 0.25) is 0 Å². The third-order valence-corrected chi connectivity index (χ3v) is 3.35. The predicted octanol–water partition coefficient (Wildman–Crippen LogP) is 3.25. The van der Waals surface area contributed by atoms with E-state index in [1.807, 2.05) is 38.1 Å². The van der Waals surface area contributed by atoms with Gasteiger partial charge in [-0.3, -0.25) is 4.79 Å².